The summed E-state index contributed by atoms with van der Waals surface area (Å²) in [6, 6.07) is 7.81. The maximum absolute atomic E-state index is 9.25. The Balaban J connectivity index is 3.06. The molecule has 2 heteroatoms. The summed E-state index contributed by atoms with van der Waals surface area (Å²) in [6.45, 7) is 6.46. The van der Waals surface area contributed by atoms with Crippen LogP contribution in [0.2, 0.25) is 5.02 Å². The maximum Gasteiger partial charge on any atom is 0.0644 e. The van der Waals surface area contributed by atoms with Gasteiger partial charge >= 0.3 is 0 Å². The van der Waals surface area contributed by atoms with Crippen molar-refractivity contribution in [3.05, 3.63) is 40.4 Å². The summed E-state index contributed by atoms with van der Waals surface area (Å²) >= 11 is 5.87. The van der Waals surface area contributed by atoms with Crippen LogP contribution in [0.4, 0.5) is 0 Å². The molecule has 0 aliphatic heterocycles. The molecule has 0 radical (unpaired) electrons. The fourth-order valence-corrected chi connectivity index (χ4v) is 1.82. The monoisotopic (exact) mass is 238 g/mol. The third-order valence-corrected chi connectivity index (χ3v) is 2.81. The van der Waals surface area contributed by atoms with Crippen LogP contribution in [-0.2, 0) is 0 Å². The standard InChI is InChI=1S/C14H19ClO/c1-10(2)8-14(11(3)9-16)12-4-6-13(15)7-5-12/h4-7,10,16H,8-9H2,1-3H3. The van der Waals surface area contributed by atoms with Crippen LogP contribution >= 0.6 is 11.6 Å². The molecule has 0 unspecified atom stereocenters. The summed E-state index contributed by atoms with van der Waals surface area (Å²) in [5, 5.41) is 9.99. The normalized spacial score (nSPS) is 12.9. The number of hydrogen-bond acceptors (Lipinski definition) is 1. The number of hydrogen-bond donors (Lipinski definition) is 1. The Kier molecular flexibility index (Phi) is 5.04. The largest absolute Gasteiger partial charge is 0.392 e. The van der Waals surface area contributed by atoms with Crippen molar-refractivity contribution in [3.8, 4) is 0 Å². The van der Waals surface area contributed by atoms with E-state index in [4.69, 9.17) is 11.6 Å². The summed E-state index contributed by atoms with van der Waals surface area (Å²) in [5.41, 5.74) is 3.43. The predicted octanol–water partition coefficient (Wildman–Crippen LogP) is 4.15. The summed E-state index contributed by atoms with van der Waals surface area (Å²) in [4.78, 5) is 0. The van der Waals surface area contributed by atoms with E-state index in [0.717, 1.165) is 22.6 Å². The lowest BCUT2D eigenvalue weighted by Gasteiger charge is -2.14. The lowest BCUT2D eigenvalue weighted by Crippen LogP contribution is -1.98. The number of rotatable bonds is 4. The molecule has 0 fully saturated rings. The highest BCUT2D eigenvalue weighted by atomic mass is 35.5. The van der Waals surface area contributed by atoms with Crippen LogP contribution in [0.5, 0.6) is 0 Å². The molecule has 0 heterocycles. The molecule has 88 valence electrons. The molecule has 1 rings (SSSR count). The molecule has 0 spiro atoms. The van der Waals surface area contributed by atoms with Crippen molar-refractivity contribution in [1.82, 2.24) is 0 Å². The molecule has 0 aromatic heterocycles. The van der Waals surface area contributed by atoms with Crippen LogP contribution in [0.25, 0.3) is 5.57 Å². The second-order valence-electron chi connectivity index (χ2n) is 4.52. The number of benzene rings is 1. The van der Waals surface area contributed by atoms with Crippen molar-refractivity contribution >= 4 is 17.2 Å². The molecule has 0 saturated heterocycles. The molecule has 1 N–H and O–H groups in total. The smallest absolute Gasteiger partial charge is 0.0644 e. The van der Waals surface area contributed by atoms with Crippen LogP contribution in [0.15, 0.2) is 29.8 Å². The van der Waals surface area contributed by atoms with Gasteiger partial charge in [0.05, 0.1) is 6.61 Å². The van der Waals surface area contributed by atoms with Gasteiger partial charge in [0.15, 0.2) is 0 Å². The van der Waals surface area contributed by atoms with Crippen molar-refractivity contribution in [3.63, 3.8) is 0 Å². The lowest BCUT2D eigenvalue weighted by molar-refractivity contribution is 0.331. The van der Waals surface area contributed by atoms with Crippen LogP contribution < -0.4 is 0 Å². The van der Waals surface area contributed by atoms with E-state index in [-0.39, 0.29) is 6.61 Å². The SMILES string of the molecule is CC(CO)=C(CC(C)C)c1ccc(Cl)cc1. The molecule has 1 aromatic carbocycles. The van der Waals surface area contributed by atoms with Gasteiger partial charge in [-0.1, -0.05) is 37.6 Å². The van der Waals surface area contributed by atoms with Gasteiger partial charge < -0.3 is 5.11 Å². The molecule has 1 aromatic rings. The average Bonchev–Trinajstić information content (AvgIpc) is 2.26. The molecule has 0 aliphatic rings. The quantitative estimate of drug-likeness (QED) is 0.836. The summed E-state index contributed by atoms with van der Waals surface area (Å²) in [5.74, 6) is 0.576. The zero-order valence-electron chi connectivity index (χ0n) is 10.1. The van der Waals surface area contributed by atoms with E-state index in [1.165, 1.54) is 5.57 Å². The Morgan fingerprint density at radius 1 is 1.25 bits per heavy atom. The van der Waals surface area contributed by atoms with Crippen LogP contribution in [-0.4, -0.2) is 11.7 Å². The highest BCUT2D eigenvalue weighted by molar-refractivity contribution is 6.30. The van der Waals surface area contributed by atoms with E-state index in [0.29, 0.717) is 5.92 Å². The molecule has 0 atom stereocenters. The Hall–Kier alpha value is -0.790. The van der Waals surface area contributed by atoms with E-state index < -0.39 is 0 Å². The predicted molar refractivity (Wildman–Crippen MR) is 70.6 cm³/mol. The first kappa shape index (κ1) is 13.3. The van der Waals surface area contributed by atoms with E-state index in [1.807, 2.05) is 31.2 Å². The number of allylic oxidation sites excluding steroid dienone is 1. The topological polar surface area (TPSA) is 20.2 Å². The van der Waals surface area contributed by atoms with Gasteiger partial charge in [-0.05, 0) is 48.1 Å². The van der Waals surface area contributed by atoms with Gasteiger partial charge in [0, 0.05) is 5.02 Å². The second-order valence-corrected chi connectivity index (χ2v) is 4.96. The van der Waals surface area contributed by atoms with Gasteiger partial charge in [-0.15, -0.1) is 0 Å². The van der Waals surface area contributed by atoms with Gasteiger partial charge in [0.1, 0.15) is 0 Å². The Morgan fingerprint density at radius 3 is 2.25 bits per heavy atom. The van der Waals surface area contributed by atoms with Crippen molar-refractivity contribution in [2.24, 2.45) is 5.92 Å². The van der Waals surface area contributed by atoms with Gasteiger partial charge in [-0.2, -0.15) is 0 Å². The molecule has 16 heavy (non-hydrogen) atoms. The zero-order valence-corrected chi connectivity index (χ0v) is 10.9. The van der Waals surface area contributed by atoms with E-state index >= 15 is 0 Å². The van der Waals surface area contributed by atoms with Crippen LogP contribution in [0.3, 0.4) is 0 Å². The zero-order chi connectivity index (χ0) is 12.1. The minimum atomic E-state index is 0.116. The molecule has 0 saturated carbocycles. The highest BCUT2D eigenvalue weighted by Crippen LogP contribution is 2.26. The summed E-state index contributed by atoms with van der Waals surface area (Å²) < 4.78 is 0. The van der Waals surface area contributed by atoms with Crippen molar-refractivity contribution in [1.29, 1.82) is 0 Å². The molecule has 0 aliphatic carbocycles. The third kappa shape index (κ3) is 3.66. The van der Waals surface area contributed by atoms with Gasteiger partial charge in [0.25, 0.3) is 0 Å². The number of halogens is 1. The van der Waals surface area contributed by atoms with Gasteiger partial charge in [-0.25, -0.2) is 0 Å². The highest BCUT2D eigenvalue weighted by Gasteiger charge is 2.08. The van der Waals surface area contributed by atoms with Crippen LogP contribution in [0.1, 0.15) is 32.8 Å². The Morgan fingerprint density at radius 2 is 1.81 bits per heavy atom. The van der Waals surface area contributed by atoms with Crippen LogP contribution in [0, 0.1) is 5.92 Å². The summed E-state index contributed by atoms with van der Waals surface area (Å²) in [6.07, 6.45) is 0.980. The molecule has 0 bridgehead atoms. The van der Waals surface area contributed by atoms with E-state index in [9.17, 15) is 5.11 Å². The first-order chi connectivity index (χ1) is 7.54. The first-order valence-corrected chi connectivity index (χ1v) is 5.97. The lowest BCUT2D eigenvalue weighted by atomic mass is 9.93. The van der Waals surface area contributed by atoms with Crippen molar-refractivity contribution < 1.29 is 5.11 Å². The molecule has 0 amide bonds. The minimum Gasteiger partial charge on any atom is -0.392 e. The minimum absolute atomic E-state index is 0.116. The Labute approximate surface area is 103 Å². The van der Waals surface area contributed by atoms with Gasteiger partial charge in [0.2, 0.25) is 0 Å². The first-order valence-electron chi connectivity index (χ1n) is 5.60. The molecular formula is C14H19ClO. The average molecular weight is 239 g/mol. The van der Waals surface area contributed by atoms with Gasteiger partial charge in [-0.3, -0.25) is 0 Å². The number of aliphatic hydroxyl groups excluding tert-OH is 1. The Bertz CT molecular complexity index is 363. The van der Waals surface area contributed by atoms with Crippen molar-refractivity contribution in [2.75, 3.05) is 6.61 Å². The fourth-order valence-electron chi connectivity index (χ4n) is 1.69. The van der Waals surface area contributed by atoms with E-state index in [2.05, 4.69) is 13.8 Å². The molecule has 1 nitrogen and oxygen atoms in total. The molecular weight excluding hydrogens is 220 g/mol. The third-order valence-electron chi connectivity index (χ3n) is 2.56. The summed E-state index contributed by atoms with van der Waals surface area (Å²) in [7, 11) is 0. The van der Waals surface area contributed by atoms with Crippen molar-refractivity contribution in [2.45, 2.75) is 27.2 Å². The number of aliphatic hydroxyl groups is 1. The second kappa shape index (κ2) is 6.07. The fraction of sp³-hybridized carbons (Fsp3) is 0.429. The van der Waals surface area contributed by atoms with E-state index in [1.54, 1.807) is 0 Å². The maximum atomic E-state index is 9.25.